The first-order valence-corrected chi connectivity index (χ1v) is 8.73. The van der Waals surface area contributed by atoms with Gasteiger partial charge in [-0.05, 0) is 43.4 Å². The zero-order valence-electron chi connectivity index (χ0n) is 12.8. The summed E-state index contributed by atoms with van der Waals surface area (Å²) >= 11 is -1.41. The van der Waals surface area contributed by atoms with E-state index in [0.29, 0.717) is 11.4 Å². The van der Waals surface area contributed by atoms with Gasteiger partial charge in [-0.25, -0.2) is 0 Å². The summed E-state index contributed by atoms with van der Waals surface area (Å²) in [6.07, 6.45) is 3.50. The number of nitro groups is 1. The van der Waals surface area contributed by atoms with Crippen LogP contribution < -0.4 is 5.32 Å². The second-order valence-corrected chi connectivity index (χ2v) is 7.27. The van der Waals surface area contributed by atoms with Crippen molar-refractivity contribution in [1.29, 1.82) is 0 Å². The standard InChI is InChI=1S/C15H20N2O4S/c1-3-7-15(8-9-15)14(18)16-11-5-6-13(22(21)4-2)12(10-11)17(19)20/h5-6,10H,3-4,7-9H2,1-2H3,(H,16,18). The number of nitrogens with zero attached hydrogens (tertiary/aromatic N) is 1. The van der Waals surface area contributed by atoms with Crippen LogP contribution in [0.3, 0.4) is 0 Å². The molecule has 1 saturated carbocycles. The minimum absolute atomic E-state index is 0.0759. The molecule has 6 nitrogen and oxygen atoms in total. The van der Waals surface area contributed by atoms with Gasteiger partial charge in [0.2, 0.25) is 10.8 Å². The third-order valence-corrected chi connectivity index (χ3v) is 5.34. The Labute approximate surface area is 132 Å². The molecule has 1 N–H and O–H groups in total. The van der Waals surface area contributed by atoms with Crippen LogP contribution in [0.1, 0.15) is 39.5 Å². The molecule has 1 aromatic carbocycles. The van der Waals surface area contributed by atoms with Crippen LogP contribution in [-0.4, -0.2) is 21.1 Å². The second kappa shape index (κ2) is 6.66. The van der Waals surface area contributed by atoms with E-state index < -0.39 is 16.1 Å². The molecule has 2 rings (SSSR count). The molecule has 0 heterocycles. The van der Waals surface area contributed by atoms with Crippen LogP contribution in [0.4, 0.5) is 11.4 Å². The molecule has 0 radical (unpaired) electrons. The van der Waals surface area contributed by atoms with E-state index in [2.05, 4.69) is 5.32 Å². The molecule has 0 aromatic heterocycles. The van der Waals surface area contributed by atoms with Gasteiger partial charge >= 0.3 is 5.69 Å². The van der Waals surface area contributed by atoms with Gasteiger partial charge in [0.15, 0.2) is 0 Å². The normalized spacial score (nSPS) is 16.9. The van der Waals surface area contributed by atoms with Gasteiger partial charge in [0.25, 0.3) is 0 Å². The van der Waals surface area contributed by atoms with Crippen molar-refractivity contribution in [3.63, 3.8) is 0 Å². The van der Waals surface area contributed by atoms with Crippen molar-refractivity contribution in [3.05, 3.63) is 28.3 Å². The quantitative estimate of drug-likeness (QED) is 0.473. The molecule has 1 aliphatic carbocycles. The minimum Gasteiger partial charge on any atom is -0.611 e. The first-order valence-electron chi connectivity index (χ1n) is 7.42. The van der Waals surface area contributed by atoms with Gasteiger partial charge in [-0.15, -0.1) is 0 Å². The molecule has 0 bridgehead atoms. The first-order chi connectivity index (χ1) is 10.4. The summed E-state index contributed by atoms with van der Waals surface area (Å²) in [5.74, 6) is 0.236. The summed E-state index contributed by atoms with van der Waals surface area (Å²) in [6.45, 7) is 3.74. The number of hydrogen-bond acceptors (Lipinski definition) is 4. The van der Waals surface area contributed by atoms with E-state index in [-0.39, 0.29) is 21.9 Å². The van der Waals surface area contributed by atoms with Crippen LogP contribution in [0.2, 0.25) is 0 Å². The Balaban J connectivity index is 2.21. The molecular formula is C15H20N2O4S. The number of carbonyl (C=O) groups is 1. The van der Waals surface area contributed by atoms with Crippen molar-refractivity contribution >= 4 is 28.5 Å². The van der Waals surface area contributed by atoms with Gasteiger partial charge in [0.05, 0.1) is 4.92 Å². The summed E-state index contributed by atoms with van der Waals surface area (Å²) in [6, 6.07) is 4.34. The van der Waals surface area contributed by atoms with E-state index in [9.17, 15) is 19.5 Å². The first kappa shape index (κ1) is 16.8. The maximum absolute atomic E-state index is 12.3. The van der Waals surface area contributed by atoms with Gasteiger partial charge in [-0.3, -0.25) is 14.9 Å². The van der Waals surface area contributed by atoms with E-state index >= 15 is 0 Å². The Kier molecular flexibility index (Phi) is 5.08. The van der Waals surface area contributed by atoms with Crippen LogP contribution in [0.25, 0.3) is 0 Å². The lowest BCUT2D eigenvalue weighted by Gasteiger charge is -2.15. The molecule has 1 unspecified atom stereocenters. The number of anilines is 1. The summed E-state index contributed by atoms with van der Waals surface area (Å²) < 4.78 is 11.8. The predicted molar refractivity (Wildman–Crippen MR) is 85.3 cm³/mol. The highest BCUT2D eigenvalue weighted by Crippen LogP contribution is 2.50. The molecule has 7 heteroatoms. The van der Waals surface area contributed by atoms with Crippen LogP contribution in [0.15, 0.2) is 23.1 Å². The third kappa shape index (κ3) is 3.41. The van der Waals surface area contributed by atoms with Gasteiger partial charge in [0.1, 0.15) is 5.75 Å². The monoisotopic (exact) mass is 324 g/mol. The minimum atomic E-state index is -1.41. The highest BCUT2D eigenvalue weighted by molar-refractivity contribution is 7.91. The largest absolute Gasteiger partial charge is 0.611 e. The molecule has 1 aromatic rings. The molecule has 0 spiro atoms. The van der Waals surface area contributed by atoms with Crippen molar-refractivity contribution in [3.8, 4) is 0 Å². The molecule has 1 amide bonds. The summed E-state index contributed by atoms with van der Waals surface area (Å²) in [7, 11) is 0. The average Bonchev–Trinajstić information content (AvgIpc) is 3.27. The molecule has 1 aliphatic rings. The molecule has 22 heavy (non-hydrogen) atoms. The van der Waals surface area contributed by atoms with Crippen molar-refractivity contribution < 1.29 is 14.3 Å². The Morgan fingerprint density at radius 1 is 1.41 bits per heavy atom. The van der Waals surface area contributed by atoms with Gasteiger partial charge in [-0.2, -0.15) is 0 Å². The van der Waals surface area contributed by atoms with Crippen LogP contribution >= 0.6 is 0 Å². The number of amides is 1. The lowest BCUT2D eigenvalue weighted by atomic mass is 9.99. The Bertz CT molecular complexity index is 587. The number of nitro benzene ring substituents is 1. The third-order valence-electron chi connectivity index (χ3n) is 3.98. The molecular weight excluding hydrogens is 304 g/mol. The van der Waals surface area contributed by atoms with Gasteiger partial charge in [0, 0.05) is 23.2 Å². The van der Waals surface area contributed by atoms with Crippen molar-refractivity contribution in [2.75, 3.05) is 11.1 Å². The fraction of sp³-hybridized carbons (Fsp3) is 0.533. The number of nitrogens with one attached hydrogen (secondary N) is 1. The second-order valence-electron chi connectivity index (χ2n) is 5.56. The van der Waals surface area contributed by atoms with E-state index in [0.717, 1.165) is 25.7 Å². The smallest absolute Gasteiger partial charge is 0.325 e. The average molecular weight is 324 g/mol. The molecule has 1 fully saturated rings. The highest BCUT2D eigenvalue weighted by Gasteiger charge is 2.48. The fourth-order valence-corrected chi connectivity index (χ4v) is 3.47. The van der Waals surface area contributed by atoms with Crippen LogP contribution in [-0.2, 0) is 16.0 Å². The lowest BCUT2D eigenvalue weighted by Crippen LogP contribution is -2.24. The number of benzene rings is 1. The number of carbonyl (C=O) groups excluding carboxylic acids is 1. The topological polar surface area (TPSA) is 95.3 Å². The van der Waals surface area contributed by atoms with Crippen molar-refractivity contribution in [2.24, 2.45) is 5.41 Å². The molecule has 120 valence electrons. The van der Waals surface area contributed by atoms with Crippen LogP contribution in [0.5, 0.6) is 0 Å². The summed E-state index contributed by atoms with van der Waals surface area (Å²) in [5.41, 5.74) is -0.122. The van der Waals surface area contributed by atoms with E-state index in [1.807, 2.05) is 6.92 Å². The fourth-order valence-electron chi connectivity index (χ4n) is 2.57. The highest BCUT2D eigenvalue weighted by atomic mass is 32.2. The zero-order valence-corrected chi connectivity index (χ0v) is 13.6. The van der Waals surface area contributed by atoms with E-state index in [4.69, 9.17) is 0 Å². The number of rotatable bonds is 7. The zero-order chi connectivity index (χ0) is 16.3. The van der Waals surface area contributed by atoms with E-state index in [1.54, 1.807) is 13.0 Å². The summed E-state index contributed by atoms with van der Waals surface area (Å²) in [5, 5.41) is 13.9. The SMILES string of the molecule is CCCC1(C(=O)Nc2ccc([S+]([O-])CC)c([N+](=O)[O-])c2)CC1. The van der Waals surface area contributed by atoms with Crippen molar-refractivity contribution in [2.45, 2.75) is 44.4 Å². The number of hydrogen-bond donors (Lipinski definition) is 1. The van der Waals surface area contributed by atoms with Gasteiger partial charge in [-0.1, -0.05) is 13.3 Å². The predicted octanol–water partition coefficient (Wildman–Crippen LogP) is 3.24. The Morgan fingerprint density at radius 2 is 2.09 bits per heavy atom. The Morgan fingerprint density at radius 3 is 2.59 bits per heavy atom. The molecule has 1 atom stereocenters. The van der Waals surface area contributed by atoms with Gasteiger partial charge < -0.3 is 9.87 Å². The Hall–Kier alpha value is -1.60. The lowest BCUT2D eigenvalue weighted by molar-refractivity contribution is -0.387. The maximum atomic E-state index is 12.3. The maximum Gasteiger partial charge on any atom is 0.325 e. The van der Waals surface area contributed by atoms with Crippen LogP contribution in [0, 0.1) is 15.5 Å². The molecule has 0 aliphatic heterocycles. The summed E-state index contributed by atoms with van der Waals surface area (Å²) in [4.78, 5) is 23.1. The molecule has 0 saturated heterocycles. The van der Waals surface area contributed by atoms with Crippen molar-refractivity contribution in [1.82, 2.24) is 0 Å². The van der Waals surface area contributed by atoms with E-state index in [1.165, 1.54) is 12.1 Å².